The zero-order valence-electron chi connectivity index (χ0n) is 19.6. The molecule has 0 N–H and O–H groups in total. The Morgan fingerprint density at radius 2 is 1.91 bits per heavy atom. The van der Waals surface area contributed by atoms with Crippen LogP contribution in [0.1, 0.15) is 56.0 Å². The second kappa shape index (κ2) is 10.6. The normalized spacial score (nSPS) is 15.5. The Morgan fingerprint density at radius 1 is 1.18 bits per heavy atom. The van der Waals surface area contributed by atoms with Crippen LogP contribution < -0.4 is 4.90 Å². The number of aromatic nitrogens is 1. The number of hydrogen-bond donors (Lipinski definition) is 0. The van der Waals surface area contributed by atoms with Crippen LogP contribution in [0.15, 0.2) is 63.6 Å². The number of hydrogen-bond acceptors (Lipinski definition) is 4. The number of carbonyl (C=O) groups is 1. The van der Waals surface area contributed by atoms with Crippen LogP contribution in [0.25, 0.3) is 11.3 Å². The largest absolute Gasteiger partial charge is 0.340 e. The maximum absolute atomic E-state index is 13.6. The summed E-state index contributed by atoms with van der Waals surface area (Å²) in [5.74, 6) is 1.54. The molecule has 1 atom stereocenters. The number of piperidine rings is 1. The molecule has 1 saturated heterocycles. The highest BCUT2D eigenvalue weighted by molar-refractivity contribution is 9.10. The standard InChI is InChI=1S/C27H32BrN3O2/c1-4-20(3)31(26(32)22-11-8-12-23(28)17-22)18-24-25(21-9-6-5-7-10-21)29-33-27(24)30-15-13-19(2)14-16-30/h5-12,17,19-20H,4,13-16,18H2,1-3H3/t20-/m0/s1. The molecule has 1 aliphatic heterocycles. The summed E-state index contributed by atoms with van der Waals surface area (Å²) in [6, 6.07) is 17.8. The monoisotopic (exact) mass is 509 g/mol. The summed E-state index contributed by atoms with van der Waals surface area (Å²) in [4.78, 5) is 17.9. The first-order valence-corrected chi connectivity index (χ1v) is 12.6. The Hall–Kier alpha value is -2.60. The van der Waals surface area contributed by atoms with Crippen molar-refractivity contribution in [3.05, 3.63) is 70.2 Å². The second-order valence-electron chi connectivity index (χ2n) is 9.05. The zero-order chi connectivity index (χ0) is 23.4. The Morgan fingerprint density at radius 3 is 2.58 bits per heavy atom. The lowest BCUT2D eigenvalue weighted by atomic mass is 9.98. The Balaban J connectivity index is 1.74. The molecular weight excluding hydrogens is 478 g/mol. The van der Waals surface area contributed by atoms with E-state index in [9.17, 15) is 4.79 Å². The van der Waals surface area contributed by atoms with E-state index in [1.54, 1.807) is 0 Å². The highest BCUT2D eigenvalue weighted by Crippen LogP contribution is 2.35. The number of nitrogens with zero attached hydrogens (tertiary/aromatic N) is 3. The zero-order valence-corrected chi connectivity index (χ0v) is 21.2. The molecule has 1 aromatic heterocycles. The molecule has 0 saturated carbocycles. The van der Waals surface area contributed by atoms with E-state index in [2.05, 4.69) is 46.8 Å². The molecule has 0 spiro atoms. The van der Waals surface area contributed by atoms with Crippen molar-refractivity contribution in [3.63, 3.8) is 0 Å². The van der Waals surface area contributed by atoms with Crippen LogP contribution in [-0.4, -0.2) is 35.1 Å². The van der Waals surface area contributed by atoms with Crippen molar-refractivity contribution in [3.8, 4) is 11.3 Å². The number of anilines is 1. The molecular formula is C27H32BrN3O2. The van der Waals surface area contributed by atoms with E-state index in [1.807, 2.05) is 59.5 Å². The van der Waals surface area contributed by atoms with Crippen molar-refractivity contribution < 1.29 is 9.32 Å². The van der Waals surface area contributed by atoms with Gasteiger partial charge in [-0.2, -0.15) is 0 Å². The molecule has 3 aromatic rings. The number of rotatable bonds is 7. The van der Waals surface area contributed by atoms with Gasteiger partial charge >= 0.3 is 0 Å². The number of halogens is 1. The molecule has 5 nitrogen and oxygen atoms in total. The van der Waals surface area contributed by atoms with Gasteiger partial charge < -0.3 is 14.3 Å². The topological polar surface area (TPSA) is 49.6 Å². The van der Waals surface area contributed by atoms with Crippen LogP contribution in [0.3, 0.4) is 0 Å². The fourth-order valence-corrected chi connectivity index (χ4v) is 4.73. The van der Waals surface area contributed by atoms with Crippen molar-refractivity contribution in [2.45, 2.75) is 52.6 Å². The second-order valence-corrected chi connectivity index (χ2v) is 9.97. The first kappa shape index (κ1) is 23.6. The van der Waals surface area contributed by atoms with Gasteiger partial charge in [0.15, 0.2) is 0 Å². The van der Waals surface area contributed by atoms with Crippen LogP contribution in [-0.2, 0) is 6.54 Å². The number of amides is 1. The molecule has 1 amide bonds. The Kier molecular flexibility index (Phi) is 7.53. The Labute approximate surface area is 204 Å². The molecule has 0 radical (unpaired) electrons. The minimum absolute atomic E-state index is 0.0177. The van der Waals surface area contributed by atoms with Gasteiger partial charge in [0.05, 0.1) is 12.1 Å². The smallest absolute Gasteiger partial charge is 0.254 e. The van der Waals surface area contributed by atoms with Gasteiger partial charge in [-0.1, -0.05) is 71.3 Å². The van der Waals surface area contributed by atoms with Crippen molar-refractivity contribution in [2.75, 3.05) is 18.0 Å². The SMILES string of the molecule is CC[C@H](C)N(Cc1c(-c2ccccc2)noc1N1CCC(C)CC1)C(=O)c1cccc(Br)c1. The van der Waals surface area contributed by atoms with E-state index in [-0.39, 0.29) is 11.9 Å². The van der Waals surface area contributed by atoms with E-state index < -0.39 is 0 Å². The lowest BCUT2D eigenvalue weighted by molar-refractivity contribution is 0.0672. The predicted octanol–water partition coefficient (Wildman–Crippen LogP) is 6.78. The molecule has 1 fully saturated rings. The summed E-state index contributed by atoms with van der Waals surface area (Å²) >= 11 is 3.50. The van der Waals surface area contributed by atoms with Crippen LogP contribution in [0, 0.1) is 5.92 Å². The summed E-state index contributed by atoms with van der Waals surface area (Å²) in [6.45, 7) is 8.87. The van der Waals surface area contributed by atoms with Crippen LogP contribution in [0.2, 0.25) is 0 Å². The van der Waals surface area contributed by atoms with E-state index in [1.165, 1.54) is 0 Å². The third-order valence-electron chi connectivity index (χ3n) is 6.67. The summed E-state index contributed by atoms with van der Waals surface area (Å²) in [7, 11) is 0. The number of benzene rings is 2. The van der Waals surface area contributed by atoms with Gasteiger partial charge in [-0.15, -0.1) is 0 Å². The van der Waals surface area contributed by atoms with Crippen LogP contribution >= 0.6 is 15.9 Å². The van der Waals surface area contributed by atoms with Crippen LogP contribution in [0.4, 0.5) is 5.88 Å². The van der Waals surface area contributed by atoms with Crippen LogP contribution in [0.5, 0.6) is 0 Å². The van der Waals surface area contributed by atoms with Gasteiger partial charge in [0, 0.05) is 34.7 Å². The van der Waals surface area contributed by atoms with Crippen molar-refractivity contribution in [2.24, 2.45) is 5.92 Å². The molecule has 174 valence electrons. The molecule has 2 aromatic carbocycles. The average Bonchev–Trinajstić information content (AvgIpc) is 3.26. The minimum Gasteiger partial charge on any atom is -0.340 e. The summed E-state index contributed by atoms with van der Waals surface area (Å²) in [5.41, 5.74) is 3.49. The van der Waals surface area contributed by atoms with Gasteiger partial charge in [0.25, 0.3) is 5.91 Å². The molecule has 6 heteroatoms. The highest BCUT2D eigenvalue weighted by atomic mass is 79.9. The molecule has 0 aliphatic carbocycles. The molecule has 0 bridgehead atoms. The maximum Gasteiger partial charge on any atom is 0.254 e. The lowest BCUT2D eigenvalue weighted by Crippen LogP contribution is -2.39. The van der Waals surface area contributed by atoms with Crippen molar-refractivity contribution in [1.29, 1.82) is 0 Å². The molecule has 4 rings (SSSR count). The summed E-state index contributed by atoms with van der Waals surface area (Å²) in [6.07, 6.45) is 3.13. The average molecular weight is 510 g/mol. The van der Waals surface area contributed by atoms with Gasteiger partial charge in [-0.25, -0.2) is 0 Å². The third kappa shape index (κ3) is 5.32. The Bertz CT molecular complexity index is 1070. The molecule has 1 aliphatic rings. The first-order chi connectivity index (χ1) is 16.0. The fraction of sp³-hybridized carbons (Fsp3) is 0.407. The van der Waals surface area contributed by atoms with E-state index in [4.69, 9.17) is 4.52 Å². The van der Waals surface area contributed by atoms with E-state index in [0.29, 0.717) is 12.1 Å². The van der Waals surface area contributed by atoms with E-state index >= 15 is 0 Å². The van der Waals surface area contributed by atoms with Gasteiger partial charge in [-0.3, -0.25) is 4.79 Å². The van der Waals surface area contributed by atoms with Gasteiger partial charge in [-0.05, 0) is 50.3 Å². The van der Waals surface area contributed by atoms with E-state index in [0.717, 1.165) is 65.4 Å². The maximum atomic E-state index is 13.6. The first-order valence-electron chi connectivity index (χ1n) is 11.8. The fourth-order valence-electron chi connectivity index (χ4n) is 4.33. The predicted molar refractivity (Wildman–Crippen MR) is 136 cm³/mol. The number of carbonyl (C=O) groups excluding carboxylic acids is 1. The minimum atomic E-state index is 0.0177. The third-order valence-corrected chi connectivity index (χ3v) is 7.16. The van der Waals surface area contributed by atoms with Gasteiger partial charge in [0.1, 0.15) is 5.69 Å². The molecule has 33 heavy (non-hydrogen) atoms. The highest BCUT2D eigenvalue weighted by Gasteiger charge is 2.30. The quantitative estimate of drug-likeness (QED) is 0.352. The summed E-state index contributed by atoms with van der Waals surface area (Å²) < 4.78 is 6.87. The van der Waals surface area contributed by atoms with Crippen molar-refractivity contribution in [1.82, 2.24) is 10.1 Å². The molecule has 0 unspecified atom stereocenters. The van der Waals surface area contributed by atoms with Crippen molar-refractivity contribution >= 4 is 27.7 Å². The summed E-state index contributed by atoms with van der Waals surface area (Å²) in [5, 5.41) is 4.50. The van der Waals surface area contributed by atoms with Gasteiger partial charge in [0.2, 0.25) is 5.88 Å². The lowest BCUT2D eigenvalue weighted by Gasteiger charge is -2.32. The molecule has 2 heterocycles.